The largest absolute Gasteiger partial charge is 0.381 e. The van der Waals surface area contributed by atoms with Crippen LogP contribution in [0.3, 0.4) is 0 Å². The van der Waals surface area contributed by atoms with Crippen molar-refractivity contribution in [2.45, 2.75) is 24.8 Å². The molecule has 3 heteroatoms. The Morgan fingerprint density at radius 2 is 1.84 bits per heavy atom. The maximum absolute atomic E-state index is 13.2. The van der Waals surface area contributed by atoms with E-state index >= 15 is 0 Å². The van der Waals surface area contributed by atoms with Gasteiger partial charge in [-0.3, -0.25) is 0 Å². The van der Waals surface area contributed by atoms with Crippen molar-refractivity contribution < 1.29 is 4.39 Å². The number of rotatable bonds is 3. The summed E-state index contributed by atoms with van der Waals surface area (Å²) in [6.45, 7) is 0. The van der Waals surface area contributed by atoms with Gasteiger partial charge in [-0.2, -0.15) is 0 Å². The molecule has 1 fully saturated rings. The zero-order valence-electron chi connectivity index (χ0n) is 10.4. The van der Waals surface area contributed by atoms with E-state index in [-0.39, 0.29) is 5.82 Å². The Morgan fingerprint density at radius 3 is 2.58 bits per heavy atom. The van der Waals surface area contributed by atoms with Crippen molar-refractivity contribution in [3.63, 3.8) is 0 Å². The van der Waals surface area contributed by atoms with E-state index < -0.39 is 0 Å². The summed E-state index contributed by atoms with van der Waals surface area (Å²) in [6, 6.07) is 15.1. The third kappa shape index (κ3) is 2.74. The van der Waals surface area contributed by atoms with Gasteiger partial charge < -0.3 is 5.32 Å². The molecular weight excluding hydrogens is 261 g/mol. The molecule has 1 saturated carbocycles. The average Bonchev–Trinajstić information content (AvgIpc) is 2.35. The van der Waals surface area contributed by atoms with Crippen LogP contribution in [0.1, 0.15) is 24.3 Å². The standard InChI is InChI=1S/C16H15ClFN/c17-15-6-1-2-7-16(15)19-14-9-12(10-14)11-4-3-5-13(18)8-11/h1-8,12,14,19H,9-10H2. The van der Waals surface area contributed by atoms with Crippen molar-refractivity contribution >= 4 is 17.3 Å². The molecule has 0 amide bonds. The van der Waals surface area contributed by atoms with Crippen LogP contribution in [0.25, 0.3) is 0 Å². The molecule has 0 saturated heterocycles. The molecule has 98 valence electrons. The zero-order valence-corrected chi connectivity index (χ0v) is 11.2. The van der Waals surface area contributed by atoms with Gasteiger partial charge in [0.15, 0.2) is 0 Å². The highest BCUT2D eigenvalue weighted by molar-refractivity contribution is 6.33. The van der Waals surface area contributed by atoms with Crippen molar-refractivity contribution in [2.24, 2.45) is 0 Å². The van der Waals surface area contributed by atoms with Crippen LogP contribution in [0.2, 0.25) is 5.02 Å². The summed E-state index contributed by atoms with van der Waals surface area (Å²) < 4.78 is 13.2. The van der Waals surface area contributed by atoms with Crippen LogP contribution < -0.4 is 5.32 Å². The lowest BCUT2D eigenvalue weighted by atomic mass is 9.76. The molecule has 0 unspecified atom stereocenters. The first-order chi connectivity index (χ1) is 9.22. The van der Waals surface area contributed by atoms with Gasteiger partial charge in [0.1, 0.15) is 5.82 Å². The van der Waals surface area contributed by atoms with Crippen LogP contribution in [-0.4, -0.2) is 6.04 Å². The molecule has 3 rings (SSSR count). The Kier molecular flexibility index (Phi) is 3.43. The third-order valence-corrected chi connectivity index (χ3v) is 4.02. The second-order valence-electron chi connectivity index (χ2n) is 5.04. The lowest BCUT2D eigenvalue weighted by molar-refractivity contribution is 0.373. The molecule has 0 spiro atoms. The first-order valence-corrected chi connectivity index (χ1v) is 6.86. The minimum Gasteiger partial charge on any atom is -0.381 e. The Hall–Kier alpha value is -1.54. The fourth-order valence-electron chi connectivity index (χ4n) is 2.57. The molecule has 2 aromatic carbocycles. The smallest absolute Gasteiger partial charge is 0.123 e. The summed E-state index contributed by atoms with van der Waals surface area (Å²) in [5, 5.41) is 4.18. The third-order valence-electron chi connectivity index (χ3n) is 3.69. The first-order valence-electron chi connectivity index (χ1n) is 6.49. The predicted octanol–water partition coefficient (Wildman–Crippen LogP) is 4.84. The summed E-state index contributed by atoms with van der Waals surface area (Å²) in [7, 11) is 0. The normalized spacial score (nSPS) is 21.8. The molecule has 1 nitrogen and oxygen atoms in total. The molecule has 0 heterocycles. The topological polar surface area (TPSA) is 12.0 Å². The minimum atomic E-state index is -0.153. The van der Waals surface area contributed by atoms with Gasteiger partial charge in [0.05, 0.1) is 10.7 Å². The molecule has 1 aliphatic rings. The number of hydrogen-bond donors (Lipinski definition) is 1. The van der Waals surface area contributed by atoms with E-state index in [0.29, 0.717) is 12.0 Å². The monoisotopic (exact) mass is 275 g/mol. The van der Waals surface area contributed by atoms with E-state index in [4.69, 9.17) is 11.6 Å². The molecular formula is C16H15ClFN. The van der Waals surface area contributed by atoms with Crippen LogP contribution in [0.4, 0.5) is 10.1 Å². The predicted molar refractivity (Wildman–Crippen MR) is 77.2 cm³/mol. The Bertz CT molecular complexity index is 578. The minimum absolute atomic E-state index is 0.153. The fourth-order valence-corrected chi connectivity index (χ4v) is 2.76. The fraction of sp³-hybridized carbons (Fsp3) is 0.250. The summed E-state index contributed by atoms with van der Waals surface area (Å²) in [4.78, 5) is 0. The van der Waals surface area contributed by atoms with Gasteiger partial charge in [-0.1, -0.05) is 35.9 Å². The first kappa shape index (κ1) is 12.5. The Labute approximate surface area is 117 Å². The number of hydrogen-bond acceptors (Lipinski definition) is 1. The molecule has 0 aromatic heterocycles. The van der Waals surface area contributed by atoms with Crippen LogP contribution >= 0.6 is 11.6 Å². The highest BCUT2D eigenvalue weighted by atomic mass is 35.5. The maximum Gasteiger partial charge on any atom is 0.123 e. The van der Waals surface area contributed by atoms with Gasteiger partial charge in [0.25, 0.3) is 0 Å². The number of halogens is 2. The highest BCUT2D eigenvalue weighted by Gasteiger charge is 2.30. The van der Waals surface area contributed by atoms with Crippen molar-refractivity contribution in [2.75, 3.05) is 5.32 Å². The van der Waals surface area contributed by atoms with Crippen LogP contribution in [-0.2, 0) is 0 Å². The average molecular weight is 276 g/mol. The zero-order chi connectivity index (χ0) is 13.2. The second kappa shape index (κ2) is 5.22. The highest BCUT2D eigenvalue weighted by Crippen LogP contribution is 2.39. The quantitative estimate of drug-likeness (QED) is 0.845. The van der Waals surface area contributed by atoms with E-state index in [2.05, 4.69) is 5.32 Å². The SMILES string of the molecule is Fc1cccc(C2CC(Nc3ccccc3Cl)C2)c1. The van der Waals surface area contributed by atoms with E-state index in [1.165, 1.54) is 6.07 Å². The summed E-state index contributed by atoms with van der Waals surface area (Å²) in [5.74, 6) is 0.302. The van der Waals surface area contributed by atoms with Crippen LogP contribution in [0.5, 0.6) is 0 Å². The van der Waals surface area contributed by atoms with Crippen molar-refractivity contribution in [1.82, 2.24) is 0 Å². The van der Waals surface area contributed by atoms with Gasteiger partial charge in [0, 0.05) is 6.04 Å². The number of nitrogens with one attached hydrogen (secondary N) is 1. The van der Waals surface area contributed by atoms with E-state index in [1.54, 1.807) is 12.1 Å². The van der Waals surface area contributed by atoms with Gasteiger partial charge in [-0.25, -0.2) is 4.39 Å². The van der Waals surface area contributed by atoms with E-state index in [0.717, 1.165) is 29.1 Å². The van der Waals surface area contributed by atoms with Crippen molar-refractivity contribution in [3.8, 4) is 0 Å². The molecule has 19 heavy (non-hydrogen) atoms. The lowest BCUT2D eigenvalue weighted by Gasteiger charge is -2.37. The van der Waals surface area contributed by atoms with Gasteiger partial charge in [-0.05, 0) is 48.6 Å². The number of para-hydroxylation sites is 1. The molecule has 0 atom stereocenters. The van der Waals surface area contributed by atoms with E-state index in [9.17, 15) is 4.39 Å². The van der Waals surface area contributed by atoms with Gasteiger partial charge in [0.2, 0.25) is 0 Å². The van der Waals surface area contributed by atoms with Crippen molar-refractivity contribution in [1.29, 1.82) is 0 Å². The lowest BCUT2D eigenvalue weighted by Crippen LogP contribution is -2.34. The number of anilines is 1. The van der Waals surface area contributed by atoms with E-state index in [1.807, 2.05) is 30.3 Å². The van der Waals surface area contributed by atoms with Gasteiger partial charge in [-0.15, -0.1) is 0 Å². The summed E-state index contributed by atoms with van der Waals surface area (Å²) in [5.41, 5.74) is 2.07. The molecule has 0 aliphatic heterocycles. The Balaban J connectivity index is 1.60. The molecule has 0 bridgehead atoms. The van der Waals surface area contributed by atoms with Crippen LogP contribution in [0.15, 0.2) is 48.5 Å². The van der Waals surface area contributed by atoms with Gasteiger partial charge >= 0.3 is 0 Å². The summed E-state index contributed by atoms with van der Waals surface area (Å²) >= 11 is 6.11. The maximum atomic E-state index is 13.2. The number of benzene rings is 2. The Morgan fingerprint density at radius 1 is 1.05 bits per heavy atom. The molecule has 2 aromatic rings. The molecule has 1 aliphatic carbocycles. The second-order valence-corrected chi connectivity index (χ2v) is 5.45. The molecule has 1 N–H and O–H groups in total. The summed E-state index contributed by atoms with van der Waals surface area (Å²) in [6.07, 6.45) is 2.04. The molecule has 0 radical (unpaired) electrons. The van der Waals surface area contributed by atoms with Crippen LogP contribution in [0, 0.1) is 5.82 Å². The van der Waals surface area contributed by atoms with Crippen molar-refractivity contribution in [3.05, 3.63) is 64.9 Å².